The van der Waals surface area contributed by atoms with E-state index in [9.17, 15) is 0 Å². The second kappa shape index (κ2) is 5.19. The lowest BCUT2D eigenvalue weighted by Crippen LogP contribution is -2.37. The van der Waals surface area contributed by atoms with Gasteiger partial charge in [0.25, 0.3) is 0 Å². The second-order valence-corrected chi connectivity index (χ2v) is 5.61. The van der Waals surface area contributed by atoms with E-state index in [0.717, 1.165) is 19.4 Å². The van der Waals surface area contributed by atoms with Gasteiger partial charge in [0.2, 0.25) is 0 Å². The maximum atomic E-state index is 5.96. The summed E-state index contributed by atoms with van der Waals surface area (Å²) in [5.41, 5.74) is -0.137. The molecule has 1 aromatic heterocycles. The van der Waals surface area contributed by atoms with E-state index in [2.05, 4.69) is 30.3 Å². The van der Waals surface area contributed by atoms with Gasteiger partial charge in [0.15, 0.2) is 6.29 Å². The molecule has 0 N–H and O–H groups in total. The van der Waals surface area contributed by atoms with Crippen molar-refractivity contribution in [3.05, 3.63) is 18.7 Å². The first-order chi connectivity index (χ1) is 8.03. The zero-order chi connectivity index (χ0) is 12.3. The molecule has 17 heavy (non-hydrogen) atoms. The molecule has 2 heterocycles. The molecule has 0 amide bonds. The first kappa shape index (κ1) is 12.6. The van der Waals surface area contributed by atoms with E-state index in [0.29, 0.717) is 0 Å². The number of hydrogen-bond donors (Lipinski definition) is 0. The topological polar surface area (TPSA) is 36.3 Å². The Morgan fingerprint density at radius 2 is 2.24 bits per heavy atom. The third kappa shape index (κ3) is 4.13. The van der Waals surface area contributed by atoms with Crippen molar-refractivity contribution in [2.24, 2.45) is 0 Å². The fourth-order valence-electron chi connectivity index (χ4n) is 2.11. The summed E-state index contributed by atoms with van der Waals surface area (Å²) in [4.78, 5) is 4.04. The van der Waals surface area contributed by atoms with Gasteiger partial charge in [-0.1, -0.05) is 0 Å². The quantitative estimate of drug-likeness (QED) is 0.812. The molecule has 0 radical (unpaired) electrons. The van der Waals surface area contributed by atoms with Gasteiger partial charge in [-0.15, -0.1) is 0 Å². The molecule has 1 aromatic rings. The van der Waals surface area contributed by atoms with Crippen LogP contribution in [-0.4, -0.2) is 27.5 Å². The summed E-state index contributed by atoms with van der Waals surface area (Å²) in [7, 11) is 0. The SMILES string of the molecule is CC(C)(C)O[C@H]1CCC[C@H](Cn2ccnc2)O1. The van der Waals surface area contributed by atoms with Crippen LogP contribution in [0.4, 0.5) is 0 Å². The fourth-order valence-corrected chi connectivity index (χ4v) is 2.11. The lowest BCUT2D eigenvalue weighted by atomic mass is 10.1. The van der Waals surface area contributed by atoms with Gasteiger partial charge in [-0.05, 0) is 40.0 Å². The van der Waals surface area contributed by atoms with Gasteiger partial charge in [-0.2, -0.15) is 0 Å². The summed E-state index contributed by atoms with van der Waals surface area (Å²) in [5, 5.41) is 0. The van der Waals surface area contributed by atoms with Crippen LogP contribution in [0, 0.1) is 0 Å². The van der Waals surface area contributed by atoms with Gasteiger partial charge in [0.05, 0.1) is 18.0 Å². The van der Waals surface area contributed by atoms with E-state index in [4.69, 9.17) is 9.47 Å². The Kier molecular flexibility index (Phi) is 3.84. The minimum absolute atomic E-state index is 0.0581. The van der Waals surface area contributed by atoms with E-state index in [1.807, 2.05) is 12.5 Å². The standard InChI is InChI=1S/C13H22N2O2/c1-13(2,3)17-12-6-4-5-11(16-12)9-15-8-7-14-10-15/h7-8,10-12H,4-6,9H2,1-3H3/t11-,12+/m1/s1. The molecule has 2 rings (SSSR count). The van der Waals surface area contributed by atoms with Crippen LogP contribution in [0.25, 0.3) is 0 Å². The normalized spacial score (nSPS) is 26.1. The Hall–Kier alpha value is -0.870. The predicted molar refractivity (Wildman–Crippen MR) is 65.6 cm³/mol. The number of ether oxygens (including phenoxy) is 2. The van der Waals surface area contributed by atoms with Crippen molar-refractivity contribution in [3.8, 4) is 0 Å². The summed E-state index contributed by atoms with van der Waals surface area (Å²) in [6.45, 7) is 7.06. The number of nitrogens with zero attached hydrogens (tertiary/aromatic N) is 2. The van der Waals surface area contributed by atoms with Crippen molar-refractivity contribution >= 4 is 0 Å². The average Bonchev–Trinajstić information content (AvgIpc) is 2.68. The molecule has 0 bridgehead atoms. The molecule has 96 valence electrons. The molecule has 4 heteroatoms. The summed E-state index contributed by atoms with van der Waals surface area (Å²) < 4.78 is 13.9. The van der Waals surface area contributed by atoms with Crippen LogP contribution < -0.4 is 0 Å². The first-order valence-corrected chi connectivity index (χ1v) is 6.32. The molecular formula is C13H22N2O2. The Morgan fingerprint density at radius 1 is 1.41 bits per heavy atom. The van der Waals surface area contributed by atoms with Gasteiger partial charge in [-0.3, -0.25) is 0 Å². The molecule has 0 saturated carbocycles. The van der Waals surface area contributed by atoms with Crippen molar-refractivity contribution < 1.29 is 9.47 Å². The zero-order valence-electron chi connectivity index (χ0n) is 10.9. The minimum Gasteiger partial charge on any atom is -0.348 e. The first-order valence-electron chi connectivity index (χ1n) is 6.32. The highest BCUT2D eigenvalue weighted by Crippen LogP contribution is 2.24. The molecule has 1 aliphatic heterocycles. The van der Waals surface area contributed by atoms with Gasteiger partial charge >= 0.3 is 0 Å². The van der Waals surface area contributed by atoms with Crippen molar-refractivity contribution in [1.29, 1.82) is 0 Å². The van der Waals surface area contributed by atoms with E-state index in [-0.39, 0.29) is 18.0 Å². The molecule has 2 atom stereocenters. The van der Waals surface area contributed by atoms with Crippen LogP contribution in [0.2, 0.25) is 0 Å². The largest absolute Gasteiger partial charge is 0.348 e. The van der Waals surface area contributed by atoms with Crippen LogP contribution in [0.15, 0.2) is 18.7 Å². The predicted octanol–water partition coefficient (Wildman–Crippen LogP) is 2.59. The van der Waals surface area contributed by atoms with E-state index < -0.39 is 0 Å². The molecule has 1 saturated heterocycles. The average molecular weight is 238 g/mol. The van der Waals surface area contributed by atoms with Crippen LogP contribution >= 0.6 is 0 Å². The maximum absolute atomic E-state index is 5.96. The van der Waals surface area contributed by atoms with Crippen LogP contribution in [0.1, 0.15) is 40.0 Å². The molecule has 1 aliphatic rings. The number of hydrogen-bond acceptors (Lipinski definition) is 3. The number of imidazole rings is 1. The van der Waals surface area contributed by atoms with Gasteiger partial charge in [0.1, 0.15) is 0 Å². The molecule has 0 aromatic carbocycles. The second-order valence-electron chi connectivity index (χ2n) is 5.61. The third-order valence-corrected chi connectivity index (χ3v) is 2.77. The smallest absolute Gasteiger partial charge is 0.158 e. The highest BCUT2D eigenvalue weighted by molar-refractivity contribution is 4.77. The lowest BCUT2D eigenvalue weighted by molar-refractivity contribution is -0.235. The van der Waals surface area contributed by atoms with E-state index in [1.54, 1.807) is 6.20 Å². The summed E-state index contributed by atoms with van der Waals surface area (Å²) in [6.07, 6.45) is 9.05. The van der Waals surface area contributed by atoms with Crippen LogP contribution in [0.3, 0.4) is 0 Å². The Morgan fingerprint density at radius 3 is 2.88 bits per heavy atom. The Bertz CT molecular complexity index is 330. The summed E-state index contributed by atoms with van der Waals surface area (Å²) in [6, 6.07) is 0. The van der Waals surface area contributed by atoms with Crippen LogP contribution in [-0.2, 0) is 16.0 Å². The van der Waals surface area contributed by atoms with E-state index >= 15 is 0 Å². The Labute approximate surface area is 103 Å². The number of aromatic nitrogens is 2. The van der Waals surface area contributed by atoms with E-state index in [1.165, 1.54) is 6.42 Å². The lowest BCUT2D eigenvalue weighted by Gasteiger charge is -2.34. The molecule has 0 unspecified atom stereocenters. The van der Waals surface area contributed by atoms with Gasteiger partial charge in [-0.25, -0.2) is 4.98 Å². The molecular weight excluding hydrogens is 216 g/mol. The van der Waals surface area contributed by atoms with Crippen molar-refractivity contribution in [1.82, 2.24) is 9.55 Å². The van der Waals surface area contributed by atoms with Crippen molar-refractivity contribution in [2.75, 3.05) is 0 Å². The highest BCUT2D eigenvalue weighted by Gasteiger charge is 2.26. The fraction of sp³-hybridized carbons (Fsp3) is 0.769. The Balaban J connectivity index is 1.84. The highest BCUT2D eigenvalue weighted by atomic mass is 16.7. The summed E-state index contributed by atoms with van der Waals surface area (Å²) >= 11 is 0. The zero-order valence-corrected chi connectivity index (χ0v) is 10.9. The molecule has 0 spiro atoms. The van der Waals surface area contributed by atoms with Gasteiger partial charge < -0.3 is 14.0 Å². The molecule has 0 aliphatic carbocycles. The molecule has 4 nitrogen and oxygen atoms in total. The minimum atomic E-state index is -0.137. The maximum Gasteiger partial charge on any atom is 0.158 e. The number of rotatable bonds is 3. The molecule has 1 fully saturated rings. The third-order valence-electron chi connectivity index (χ3n) is 2.77. The summed E-state index contributed by atoms with van der Waals surface area (Å²) in [5.74, 6) is 0. The van der Waals surface area contributed by atoms with Gasteiger partial charge in [0, 0.05) is 18.9 Å². The van der Waals surface area contributed by atoms with Crippen LogP contribution in [0.5, 0.6) is 0 Å². The van der Waals surface area contributed by atoms with Crippen molar-refractivity contribution in [3.63, 3.8) is 0 Å². The monoisotopic (exact) mass is 238 g/mol. The van der Waals surface area contributed by atoms with Crippen molar-refractivity contribution in [2.45, 2.75) is 64.6 Å².